The van der Waals surface area contributed by atoms with Crippen LogP contribution in [0.25, 0.3) is 0 Å². The summed E-state index contributed by atoms with van der Waals surface area (Å²) in [6.07, 6.45) is 0. The first-order valence-electron chi connectivity index (χ1n) is 9.57. The number of nitrogens with zero attached hydrogens (tertiary/aromatic N) is 1. The highest BCUT2D eigenvalue weighted by Crippen LogP contribution is 2.16. The Morgan fingerprint density at radius 1 is 0.967 bits per heavy atom. The molecule has 0 unspecified atom stereocenters. The first-order valence-corrected chi connectivity index (χ1v) is 10.7. The molecule has 2 aromatic carbocycles. The van der Waals surface area contributed by atoms with Gasteiger partial charge in [-0.15, -0.1) is 11.8 Å². The number of aryl methyl sites for hydroxylation is 1. The van der Waals surface area contributed by atoms with Crippen LogP contribution in [-0.4, -0.2) is 54.3 Å². The number of likely N-dealkylation sites (N-methyl/N-ethyl adjacent to an activating group) is 1. The molecule has 0 saturated carbocycles. The second-order valence-corrected chi connectivity index (χ2v) is 7.58. The van der Waals surface area contributed by atoms with Gasteiger partial charge in [0.15, 0.2) is 0 Å². The molecule has 3 amide bonds. The van der Waals surface area contributed by atoms with Gasteiger partial charge >= 0.3 is 0 Å². The molecule has 2 N–H and O–H groups in total. The number of carbonyl (C=O) groups excluding carboxylic acids is 3. The number of hydrogen-bond acceptors (Lipinski definition) is 5. The predicted octanol–water partition coefficient (Wildman–Crippen LogP) is 3.16. The fraction of sp³-hybridized carbons (Fsp3) is 0.318. The van der Waals surface area contributed by atoms with E-state index in [4.69, 9.17) is 4.74 Å². The number of thioether (sulfide) groups is 1. The molecular formula is C22H27N3O4S. The summed E-state index contributed by atoms with van der Waals surface area (Å²) in [5.41, 5.74) is 2.39. The van der Waals surface area contributed by atoms with E-state index in [0.717, 1.165) is 11.3 Å². The molecule has 0 saturated heterocycles. The molecular weight excluding hydrogens is 402 g/mol. The maximum Gasteiger partial charge on any atom is 0.243 e. The summed E-state index contributed by atoms with van der Waals surface area (Å²) in [7, 11) is 1.55. The Labute approximate surface area is 181 Å². The highest BCUT2D eigenvalue weighted by molar-refractivity contribution is 8.00. The van der Waals surface area contributed by atoms with E-state index in [1.54, 1.807) is 31.4 Å². The molecule has 0 aliphatic carbocycles. The van der Waals surface area contributed by atoms with Gasteiger partial charge in [0.05, 0.1) is 25.2 Å². The van der Waals surface area contributed by atoms with Crippen molar-refractivity contribution in [1.82, 2.24) is 4.90 Å². The van der Waals surface area contributed by atoms with Crippen LogP contribution in [0.15, 0.2) is 48.5 Å². The quantitative estimate of drug-likeness (QED) is 0.606. The molecule has 7 nitrogen and oxygen atoms in total. The molecule has 0 heterocycles. The van der Waals surface area contributed by atoms with Crippen molar-refractivity contribution >= 4 is 40.9 Å². The third-order valence-corrected chi connectivity index (χ3v) is 5.10. The number of anilines is 2. The average Bonchev–Trinajstić information content (AvgIpc) is 2.72. The molecule has 0 aliphatic rings. The normalized spacial score (nSPS) is 10.2. The zero-order chi connectivity index (χ0) is 21.9. The number of ether oxygens (including phenoxy) is 1. The lowest BCUT2D eigenvalue weighted by molar-refractivity contribution is -0.132. The molecule has 0 fully saturated rings. The monoisotopic (exact) mass is 429 g/mol. The average molecular weight is 430 g/mol. The van der Waals surface area contributed by atoms with E-state index < -0.39 is 0 Å². The third-order valence-electron chi connectivity index (χ3n) is 4.18. The smallest absolute Gasteiger partial charge is 0.243 e. The summed E-state index contributed by atoms with van der Waals surface area (Å²) in [5.74, 6) is 0.274. The molecule has 2 aromatic rings. The second kappa shape index (κ2) is 11.9. The van der Waals surface area contributed by atoms with Crippen molar-refractivity contribution < 1.29 is 19.1 Å². The summed E-state index contributed by atoms with van der Waals surface area (Å²) in [6, 6.07) is 14.5. The van der Waals surface area contributed by atoms with Gasteiger partial charge < -0.3 is 20.3 Å². The highest BCUT2D eigenvalue weighted by atomic mass is 32.2. The van der Waals surface area contributed by atoms with Crippen LogP contribution in [0.3, 0.4) is 0 Å². The first-order chi connectivity index (χ1) is 14.4. The molecule has 0 radical (unpaired) electrons. The van der Waals surface area contributed by atoms with Gasteiger partial charge in [0.25, 0.3) is 0 Å². The van der Waals surface area contributed by atoms with Crippen molar-refractivity contribution in [3.63, 3.8) is 0 Å². The number of nitrogens with one attached hydrogen (secondary N) is 2. The van der Waals surface area contributed by atoms with Crippen LogP contribution in [-0.2, 0) is 14.4 Å². The molecule has 0 aromatic heterocycles. The van der Waals surface area contributed by atoms with Crippen LogP contribution in [0, 0.1) is 6.92 Å². The summed E-state index contributed by atoms with van der Waals surface area (Å²) in [6.45, 7) is 4.11. The second-order valence-electron chi connectivity index (χ2n) is 6.60. The fourth-order valence-corrected chi connectivity index (χ4v) is 3.41. The van der Waals surface area contributed by atoms with Gasteiger partial charge in [-0.2, -0.15) is 0 Å². The SMILES string of the molecule is CCN(CC(=O)Nc1cccc(OC)c1)C(=O)CSCC(=O)Nc1cccc(C)c1. The Bertz CT molecular complexity index is 888. The predicted molar refractivity (Wildman–Crippen MR) is 121 cm³/mol. The van der Waals surface area contributed by atoms with Crippen molar-refractivity contribution in [3.8, 4) is 5.75 Å². The molecule has 0 spiro atoms. The standard InChI is InChI=1S/C22H27N3O4S/c1-4-25(13-20(26)23-18-9-6-10-19(12-18)29-3)22(28)15-30-14-21(27)24-17-8-5-7-16(2)11-17/h5-12H,4,13-15H2,1-3H3,(H,23,26)(H,24,27). The van der Waals surface area contributed by atoms with Crippen molar-refractivity contribution in [3.05, 3.63) is 54.1 Å². The molecule has 0 atom stereocenters. The van der Waals surface area contributed by atoms with Gasteiger partial charge in [0.2, 0.25) is 17.7 Å². The van der Waals surface area contributed by atoms with E-state index in [1.807, 2.05) is 38.1 Å². The number of rotatable bonds is 10. The maximum absolute atomic E-state index is 12.4. The van der Waals surface area contributed by atoms with E-state index in [0.29, 0.717) is 18.0 Å². The lowest BCUT2D eigenvalue weighted by Gasteiger charge is -2.20. The highest BCUT2D eigenvalue weighted by Gasteiger charge is 2.16. The van der Waals surface area contributed by atoms with Gasteiger partial charge in [-0.3, -0.25) is 14.4 Å². The summed E-state index contributed by atoms with van der Waals surface area (Å²) in [4.78, 5) is 38.2. The van der Waals surface area contributed by atoms with Crippen LogP contribution in [0.4, 0.5) is 11.4 Å². The number of carbonyl (C=O) groups is 3. The summed E-state index contributed by atoms with van der Waals surface area (Å²) in [5, 5.41) is 5.57. The summed E-state index contributed by atoms with van der Waals surface area (Å²) >= 11 is 1.22. The van der Waals surface area contributed by atoms with Crippen LogP contribution in [0.5, 0.6) is 5.75 Å². The van der Waals surface area contributed by atoms with Gasteiger partial charge in [0, 0.05) is 24.0 Å². The van der Waals surface area contributed by atoms with Crippen LogP contribution >= 0.6 is 11.8 Å². The van der Waals surface area contributed by atoms with Gasteiger partial charge in [-0.25, -0.2) is 0 Å². The Morgan fingerprint density at radius 2 is 1.63 bits per heavy atom. The van der Waals surface area contributed by atoms with Gasteiger partial charge in [-0.1, -0.05) is 18.2 Å². The first kappa shape index (κ1) is 23.3. The lowest BCUT2D eigenvalue weighted by atomic mass is 10.2. The van der Waals surface area contributed by atoms with E-state index in [-0.39, 0.29) is 35.8 Å². The lowest BCUT2D eigenvalue weighted by Crippen LogP contribution is -2.39. The van der Waals surface area contributed by atoms with Crippen molar-refractivity contribution in [1.29, 1.82) is 0 Å². The van der Waals surface area contributed by atoms with Gasteiger partial charge in [0.1, 0.15) is 5.75 Å². The van der Waals surface area contributed by atoms with Crippen molar-refractivity contribution in [2.45, 2.75) is 13.8 Å². The van der Waals surface area contributed by atoms with Crippen LogP contribution in [0.2, 0.25) is 0 Å². The zero-order valence-electron chi connectivity index (χ0n) is 17.4. The topological polar surface area (TPSA) is 87.7 Å². The zero-order valence-corrected chi connectivity index (χ0v) is 18.3. The minimum Gasteiger partial charge on any atom is -0.497 e. The fourth-order valence-electron chi connectivity index (χ4n) is 2.69. The Morgan fingerprint density at radius 3 is 2.30 bits per heavy atom. The number of methoxy groups -OCH3 is 1. The maximum atomic E-state index is 12.4. The Hall–Kier alpha value is -3.00. The largest absolute Gasteiger partial charge is 0.497 e. The molecule has 2 rings (SSSR count). The number of benzene rings is 2. The van der Waals surface area contributed by atoms with E-state index in [2.05, 4.69) is 10.6 Å². The van der Waals surface area contributed by atoms with Gasteiger partial charge in [-0.05, 0) is 43.7 Å². The molecule has 30 heavy (non-hydrogen) atoms. The van der Waals surface area contributed by atoms with E-state index >= 15 is 0 Å². The van der Waals surface area contributed by atoms with Crippen LogP contribution < -0.4 is 15.4 Å². The number of amides is 3. The Kier molecular flexibility index (Phi) is 9.21. The minimum atomic E-state index is -0.291. The summed E-state index contributed by atoms with van der Waals surface area (Å²) < 4.78 is 5.13. The van der Waals surface area contributed by atoms with Crippen LogP contribution in [0.1, 0.15) is 12.5 Å². The van der Waals surface area contributed by atoms with Crippen molar-refractivity contribution in [2.24, 2.45) is 0 Å². The molecule has 160 valence electrons. The molecule has 8 heteroatoms. The van der Waals surface area contributed by atoms with Crippen molar-refractivity contribution in [2.75, 3.05) is 42.3 Å². The van der Waals surface area contributed by atoms with E-state index in [1.165, 1.54) is 16.7 Å². The Balaban J connectivity index is 1.76. The molecule has 0 aliphatic heterocycles. The van der Waals surface area contributed by atoms with E-state index in [9.17, 15) is 14.4 Å². The minimum absolute atomic E-state index is 0.0530. The third kappa shape index (κ3) is 7.79. The number of hydrogen-bond donors (Lipinski definition) is 2. The molecule has 0 bridgehead atoms.